The number of Topliss-reactive ketones (excluding diaryl/α,β-unsaturated/α-hetero) is 1. The largest absolute Gasteiger partial charge is 0.506 e. The van der Waals surface area contributed by atoms with E-state index in [0.29, 0.717) is 45.8 Å². The molecule has 0 bridgehead atoms. The van der Waals surface area contributed by atoms with Crippen molar-refractivity contribution >= 4 is 22.7 Å². The Bertz CT molecular complexity index is 1520. The Balaban J connectivity index is 1.65. The van der Waals surface area contributed by atoms with E-state index in [4.69, 9.17) is 14.0 Å². The predicted octanol–water partition coefficient (Wildman–Crippen LogP) is 3.79. The molecule has 0 unspecified atom stereocenters. The summed E-state index contributed by atoms with van der Waals surface area (Å²) in [6.45, 7) is 1.63. The van der Waals surface area contributed by atoms with E-state index in [0.717, 1.165) is 12.8 Å². The number of nitrogens with one attached hydrogen (secondary N) is 2. The van der Waals surface area contributed by atoms with Gasteiger partial charge in [0, 0.05) is 11.1 Å². The lowest BCUT2D eigenvalue weighted by Gasteiger charge is -2.19. The van der Waals surface area contributed by atoms with Crippen molar-refractivity contribution in [1.82, 2.24) is 15.5 Å². The lowest BCUT2D eigenvalue weighted by molar-refractivity contribution is -0.117. The summed E-state index contributed by atoms with van der Waals surface area (Å²) in [7, 11) is 2.95. The summed E-state index contributed by atoms with van der Waals surface area (Å²) in [6.07, 6.45) is 1.95. The van der Waals surface area contributed by atoms with Crippen LogP contribution in [0.15, 0.2) is 51.8 Å². The SMILES string of the molecule is CCCCc1[nH]c(=O)c(C(=O)NCC(=O)Cc2noc3ccccc23)c(O)c1-c1c(OC)cccc1OC. The highest BCUT2D eigenvalue weighted by atomic mass is 16.5. The number of rotatable bonds is 11. The van der Waals surface area contributed by atoms with E-state index in [9.17, 15) is 19.5 Å². The number of carbonyl (C=O) groups is 2. The third kappa shape index (κ3) is 5.24. The number of aromatic hydroxyl groups is 1. The monoisotopic (exact) mass is 519 g/mol. The molecule has 0 saturated carbocycles. The fourth-order valence-electron chi connectivity index (χ4n) is 4.34. The molecule has 1 amide bonds. The third-order valence-corrected chi connectivity index (χ3v) is 6.21. The molecule has 0 radical (unpaired) electrons. The van der Waals surface area contributed by atoms with Crippen LogP contribution in [0.4, 0.5) is 0 Å². The van der Waals surface area contributed by atoms with Crippen molar-refractivity contribution in [3.05, 3.63) is 69.8 Å². The summed E-state index contributed by atoms with van der Waals surface area (Å²) in [5, 5.41) is 18.4. The van der Waals surface area contributed by atoms with Crippen molar-refractivity contribution in [2.45, 2.75) is 32.6 Å². The Hall–Kier alpha value is -4.60. The maximum atomic E-state index is 13.1. The molecule has 4 aromatic rings. The zero-order valence-electron chi connectivity index (χ0n) is 21.4. The number of nitrogens with zero attached hydrogens (tertiary/aromatic N) is 1. The van der Waals surface area contributed by atoms with Crippen molar-refractivity contribution in [2.75, 3.05) is 20.8 Å². The molecule has 0 aliphatic heterocycles. The number of hydrogen-bond donors (Lipinski definition) is 3. The highest BCUT2D eigenvalue weighted by molar-refractivity contribution is 6.02. The van der Waals surface area contributed by atoms with E-state index >= 15 is 0 Å². The van der Waals surface area contributed by atoms with Gasteiger partial charge in [0.05, 0.1) is 44.0 Å². The van der Waals surface area contributed by atoms with Crippen LogP contribution in [0.1, 0.15) is 41.5 Å². The number of amides is 1. The first-order chi connectivity index (χ1) is 18.4. The standard InChI is InChI=1S/C28H29N3O7/c1-4-5-10-18-23(24-21(36-2)12-8-13-22(24)37-3)26(33)25(28(35)30-18)27(34)29-15-16(32)14-19-17-9-6-7-11-20(17)38-31-19/h6-9,11-13H,4-5,10,14-15H2,1-3H3,(H,29,34)(H2,30,33,35). The van der Waals surface area contributed by atoms with Gasteiger partial charge >= 0.3 is 0 Å². The molecule has 38 heavy (non-hydrogen) atoms. The smallest absolute Gasteiger partial charge is 0.264 e. The van der Waals surface area contributed by atoms with Gasteiger partial charge in [-0.25, -0.2) is 0 Å². The van der Waals surface area contributed by atoms with Crippen LogP contribution >= 0.6 is 0 Å². The molecule has 198 valence electrons. The van der Waals surface area contributed by atoms with E-state index < -0.39 is 22.8 Å². The van der Waals surface area contributed by atoms with Crippen molar-refractivity contribution in [3.8, 4) is 28.4 Å². The highest BCUT2D eigenvalue weighted by Crippen LogP contribution is 2.44. The number of aromatic nitrogens is 2. The van der Waals surface area contributed by atoms with Crippen LogP contribution in [-0.4, -0.2) is 47.7 Å². The summed E-state index contributed by atoms with van der Waals surface area (Å²) >= 11 is 0. The summed E-state index contributed by atoms with van der Waals surface area (Å²) in [6, 6.07) is 12.3. The zero-order valence-corrected chi connectivity index (χ0v) is 21.4. The fraction of sp³-hybridized carbons (Fsp3) is 0.286. The van der Waals surface area contributed by atoms with Crippen molar-refractivity contribution in [3.63, 3.8) is 0 Å². The summed E-state index contributed by atoms with van der Waals surface area (Å²) in [5.41, 5.74) is 0.817. The van der Waals surface area contributed by atoms with E-state index in [1.165, 1.54) is 14.2 Å². The quantitative estimate of drug-likeness (QED) is 0.272. The Morgan fingerprint density at radius 1 is 1.05 bits per heavy atom. The number of ether oxygens (including phenoxy) is 2. The normalized spacial score (nSPS) is 10.9. The van der Waals surface area contributed by atoms with Gasteiger partial charge in [0.1, 0.15) is 22.8 Å². The molecule has 2 aromatic heterocycles. The minimum atomic E-state index is -0.890. The predicted molar refractivity (Wildman–Crippen MR) is 141 cm³/mol. The zero-order chi connectivity index (χ0) is 27.2. The Morgan fingerprint density at radius 3 is 2.45 bits per heavy atom. The number of ketones is 1. The molecule has 0 fully saturated rings. The van der Waals surface area contributed by atoms with Gasteiger partial charge in [-0.05, 0) is 37.1 Å². The lowest BCUT2D eigenvalue weighted by Crippen LogP contribution is -2.34. The highest BCUT2D eigenvalue weighted by Gasteiger charge is 2.27. The van der Waals surface area contributed by atoms with E-state index in [1.807, 2.05) is 13.0 Å². The number of methoxy groups -OCH3 is 2. The molecule has 4 rings (SSSR count). The topological polar surface area (TPSA) is 144 Å². The summed E-state index contributed by atoms with van der Waals surface area (Å²) in [5.74, 6) is -0.967. The van der Waals surface area contributed by atoms with Crippen LogP contribution in [0.3, 0.4) is 0 Å². The Morgan fingerprint density at radius 2 is 1.76 bits per heavy atom. The molecular formula is C28H29N3O7. The van der Waals surface area contributed by atoms with Crippen LogP contribution < -0.4 is 20.3 Å². The van der Waals surface area contributed by atoms with Crippen LogP contribution in [0, 0.1) is 0 Å². The van der Waals surface area contributed by atoms with Gasteiger partial charge in [0.2, 0.25) is 0 Å². The molecular weight excluding hydrogens is 490 g/mol. The number of pyridine rings is 1. The van der Waals surface area contributed by atoms with Gasteiger partial charge in [-0.3, -0.25) is 14.4 Å². The maximum Gasteiger partial charge on any atom is 0.264 e. The second-order valence-electron chi connectivity index (χ2n) is 8.70. The average molecular weight is 520 g/mol. The van der Waals surface area contributed by atoms with Gasteiger partial charge in [-0.1, -0.05) is 36.7 Å². The number of hydrogen-bond acceptors (Lipinski definition) is 8. The van der Waals surface area contributed by atoms with E-state index in [2.05, 4.69) is 15.5 Å². The van der Waals surface area contributed by atoms with Crippen molar-refractivity contribution in [1.29, 1.82) is 0 Å². The van der Waals surface area contributed by atoms with Crippen LogP contribution in [0.2, 0.25) is 0 Å². The second kappa shape index (κ2) is 11.6. The number of carbonyl (C=O) groups excluding carboxylic acids is 2. The molecule has 10 nitrogen and oxygen atoms in total. The summed E-state index contributed by atoms with van der Waals surface area (Å²) in [4.78, 5) is 41.4. The minimum Gasteiger partial charge on any atom is -0.506 e. The molecule has 2 aromatic carbocycles. The molecule has 0 spiro atoms. The van der Waals surface area contributed by atoms with Gasteiger partial charge in [0.25, 0.3) is 11.5 Å². The number of benzene rings is 2. The van der Waals surface area contributed by atoms with Crippen LogP contribution in [0.25, 0.3) is 22.1 Å². The number of aromatic amines is 1. The van der Waals surface area contributed by atoms with Gasteiger partial charge < -0.3 is 29.4 Å². The lowest BCUT2D eigenvalue weighted by atomic mass is 9.95. The number of para-hydroxylation sites is 1. The third-order valence-electron chi connectivity index (χ3n) is 6.21. The van der Waals surface area contributed by atoms with Crippen LogP contribution in [0.5, 0.6) is 17.2 Å². The van der Waals surface area contributed by atoms with E-state index in [1.54, 1.807) is 36.4 Å². The summed E-state index contributed by atoms with van der Waals surface area (Å²) < 4.78 is 16.2. The first kappa shape index (κ1) is 26.5. The molecule has 10 heteroatoms. The molecule has 0 saturated heterocycles. The fourth-order valence-corrected chi connectivity index (χ4v) is 4.34. The van der Waals surface area contributed by atoms with Crippen molar-refractivity contribution < 1.29 is 28.7 Å². The Kier molecular flexibility index (Phi) is 8.10. The molecule has 3 N–H and O–H groups in total. The molecule has 0 atom stereocenters. The minimum absolute atomic E-state index is 0.0702. The molecule has 0 aliphatic carbocycles. The van der Waals surface area contributed by atoms with Gasteiger partial charge in [0.15, 0.2) is 11.4 Å². The number of unbranched alkanes of at least 4 members (excludes halogenated alkanes) is 1. The molecule has 2 heterocycles. The number of fused-ring (bicyclic) bond motifs is 1. The Labute approximate surface area is 218 Å². The van der Waals surface area contributed by atoms with Crippen LogP contribution in [-0.2, 0) is 17.6 Å². The second-order valence-corrected chi connectivity index (χ2v) is 8.70. The van der Waals surface area contributed by atoms with Crippen molar-refractivity contribution in [2.24, 2.45) is 0 Å². The number of H-pyrrole nitrogens is 1. The first-order valence-electron chi connectivity index (χ1n) is 12.2. The van der Waals surface area contributed by atoms with E-state index in [-0.39, 0.29) is 24.3 Å². The molecule has 0 aliphatic rings. The first-order valence-corrected chi connectivity index (χ1v) is 12.2. The van der Waals surface area contributed by atoms with Gasteiger partial charge in [-0.2, -0.15) is 0 Å². The van der Waals surface area contributed by atoms with Gasteiger partial charge in [-0.15, -0.1) is 0 Å². The average Bonchev–Trinajstić information content (AvgIpc) is 3.32. The number of aryl methyl sites for hydroxylation is 1. The maximum absolute atomic E-state index is 13.1.